The first-order valence-electron chi connectivity index (χ1n) is 19.3. The molecule has 4 heterocycles. The van der Waals surface area contributed by atoms with Crippen molar-refractivity contribution >= 4 is 0 Å². The zero-order chi connectivity index (χ0) is 42.8. The van der Waals surface area contributed by atoms with Crippen LogP contribution in [0.5, 0.6) is 69.0 Å². The molecule has 0 spiro atoms. The first-order chi connectivity index (χ1) is 29.0. The number of hydrogen-bond acceptors (Lipinski definition) is 16. The third-order valence-electron chi connectivity index (χ3n) is 11.9. The van der Waals surface area contributed by atoms with Gasteiger partial charge in [0, 0.05) is 23.7 Å². The van der Waals surface area contributed by atoms with E-state index < -0.39 is 0 Å². The van der Waals surface area contributed by atoms with Gasteiger partial charge < -0.3 is 77.3 Å². The summed E-state index contributed by atoms with van der Waals surface area (Å²) < 4.78 is 66.9. The molecule has 0 radical (unpaired) electrons. The van der Waals surface area contributed by atoms with E-state index in [-0.39, 0.29) is 71.1 Å². The van der Waals surface area contributed by atoms with Crippen molar-refractivity contribution in [3.63, 3.8) is 0 Å². The summed E-state index contributed by atoms with van der Waals surface area (Å²) in [5.41, 5.74) is 3.44. The van der Waals surface area contributed by atoms with Gasteiger partial charge >= 0.3 is 0 Å². The molecule has 0 amide bonds. The molecule has 0 saturated carbocycles. The van der Waals surface area contributed by atoms with Gasteiger partial charge in [-0.15, -0.1) is 0 Å². The predicted molar refractivity (Wildman–Crippen MR) is 214 cm³/mol. The summed E-state index contributed by atoms with van der Waals surface area (Å²) >= 11 is 0. The van der Waals surface area contributed by atoms with E-state index in [4.69, 9.17) is 56.8 Å². The van der Waals surface area contributed by atoms with Crippen LogP contribution in [0.3, 0.4) is 0 Å². The van der Waals surface area contributed by atoms with Crippen molar-refractivity contribution in [1.29, 1.82) is 0 Å². The van der Waals surface area contributed by atoms with Crippen LogP contribution in [0.2, 0.25) is 0 Å². The fourth-order valence-electron chi connectivity index (χ4n) is 8.78. The Labute approximate surface area is 347 Å². The number of phenolic OH excluding ortho intramolecular Hbond substituents is 4. The predicted octanol–water partition coefficient (Wildman–Crippen LogP) is 6.41. The number of aromatic hydroxyl groups is 4. The van der Waals surface area contributed by atoms with E-state index in [9.17, 15) is 20.4 Å². The molecule has 8 rings (SSSR count). The second-order valence-corrected chi connectivity index (χ2v) is 14.8. The highest BCUT2D eigenvalue weighted by molar-refractivity contribution is 5.56. The smallest absolute Gasteiger partial charge is 0.200 e. The van der Waals surface area contributed by atoms with Gasteiger partial charge in [-0.25, -0.2) is 0 Å². The van der Waals surface area contributed by atoms with Crippen molar-refractivity contribution in [1.82, 2.24) is 0 Å². The minimum atomic E-state index is -0.218. The summed E-state index contributed by atoms with van der Waals surface area (Å²) in [7, 11) is 12.0. The largest absolute Gasteiger partial charge is 0.502 e. The van der Waals surface area contributed by atoms with Crippen LogP contribution in [0.15, 0.2) is 48.5 Å². The molecular formula is C44H52O16. The van der Waals surface area contributed by atoms with Gasteiger partial charge in [-0.2, -0.15) is 0 Å². The first kappa shape index (κ1) is 42.4. The lowest BCUT2D eigenvalue weighted by atomic mass is 9.84. The van der Waals surface area contributed by atoms with E-state index in [1.54, 1.807) is 48.5 Å². The summed E-state index contributed by atoms with van der Waals surface area (Å²) in [6.45, 7) is 2.04. The van der Waals surface area contributed by atoms with Crippen LogP contribution in [0, 0.1) is 23.7 Å². The van der Waals surface area contributed by atoms with E-state index in [2.05, 4.69) is 0 Å². The van der Waals surface area contributed by atoms with Crippen LogP contribution in [-0.2, 0) is 18.9 Å². The Morgan fingerprint density at radius 1 is 0.317 bits per heavy atom. The van der Waals surface area contributed by atoms with Crippen LogP contribution in [0.25, 0.3) is 0 Å². The Kier molecular flexibility index (Phi) is 12.7. The molecule has 0 aromatic heterocycles. The average Bonchev–Trinajstić information content (AvgIpc) is 4.08. The van der Waals surface area contributed by atoms with Crippen LogP contribution in [0.4, 0.5) is 0 Å². The quantitative estimate of drug-likeness (QED) is 0.122. The maximum atomic E-state index is 10.2. The topological polar surface area (TPSA) is 192 Å². The van der Waals surface area contributed by atoms with Crippen molar-refractivity contribution in [3.05, 3.63) is 70.8 Å². The van der Waals surface area contributed by atoms with E-state index >= 15 is 0 Å². The highest BCUT2D eigenvalue weighted by atomic mass is 16.5. The fourth-order valence-corrected chi connectivity index (χ4v) is 8.78. The summed E-state index contributed by atoms with van der Waals surface area (Å²) in [4.78, 5) is 0. The number of hydrogen-bond donors (Lipinski definition) is 4. The summed E-state index contributed by atoms with van der Waals surface area (Å²) in [6, 6.07) is 14.1. The van der Waals surface area contributed by atoms with Gasteiger partial charge in [0.15, 0.2) is 46.0 Å². The molecule has 8 atom stereocenters. The molecule has 4 aliphatic heterocycles. The molecule has 16 heteroatoms. The molecule has 4 fully saturated rings. The van der Waals surface area contributed by atoms with Gasteiger partial charge in [-0.1, -0.05) is 0 Å². The second-order valence-electron chi connectivity index (χ2n) is 14.8. The standard InChI is InChI=1S/2C22H26O8/c2*1-25-15-5-11(6-16(26-2)19(15)23)21-13-9-30-22(14(13)10-29-21)12-7-17(27-3)20(24)18(8-12)28-4/h2*5-8,13-14,21-24H,9-10H2,1-4H3/t2*13-,14-,21+,22+/m10/s1. The molecular weight excluding hydrogens is 784 g/mol. The van der Waals surface area contributed by atoms with Gasteiger partial charge in [0.1, 0.15) is 0 Å². The van der Waals surface area contributed by atoms with Crippen molar-refractivity contribution in [2.24, 2.45) is 23.7 Å². The van der Waals surface area contributed by atoms with Crippen molar-refractivity contribution in [3.8, 4) is 69.0 Å². The van der Waals surface area contributed by atoms with Crippen LogP contribution in [-0.4, -0.2) is 104 Å². The van der Waals surface area contributed by atoms with Crippen LogP contribution in [0.1, 0.15) is 46.7 Å². The molecule has 4 aromatic carbocycles. The van der Waals surface area contributed by atoms with Crippen molar-refractivity contribution < 1.29 is 77.3 Å². The zero-order valence-corrected chi connectivity index (χ0v) is 34.8. The van der Waals surface area contributed by atoms with Gasteiger partial charge in [-0.05, 0) is 70.8 Å². The Morgan fingerprint density at radius 3 is 0.600 bits per heavy atom. The normalized spacial score (nSPS) is 25.1. The van der Waals surface area contributed by atoms with Crippen LogP contribution < -0.4 is 37.9 Å². The second kappa shape index (κ2) is 17.9. The van der Waals surface area contributed by atoms with E-state index in [1.807, 2.05) is 0 Å². The lowest BCUT2D eigenvalue weighted by Gasteiger charge is -2.19. The molecule has 4 aliphatic rings. The molecule has 0 bridgehead atoms. The van der Waals surface area contributed by atoms with Gasteiger partial charge in [0.2, 0.25) is 23.0 Å². The molecule has 60 heavy (non-hydrogen) atoms. The molecule has 0 aliphatic carbocycles. The minimum Gasteiger partial charge on any atom is -0.502 e. The highest BCUT2D eigenvalue weighted by Gasteiger charge is 2.50. The third-order valence-corrected chi connectivity index (χ3v) is 11.9. The Hall–Kier alpha value is -5.68. The number of fused-ring (bicyclic) bond motifs is 2. The molecule has 4 aromatic rings. The van der Waals surface area contributed by atoms with Crippen molar-refractivity contribution in [2.75, 3.05) is 83.3 Å². The van der Waals surface area contributed by atoms with Gasteiger partial charge in [0.05, 0.1) is 108 Å². The maximum absolute atomic E-state index is 10.2. The van der Waals surface area contributed by atoms with E-state index in [0.717, 1.165) is 22.3 Å². The Balaban J connectivity index is 0.000000181. The van der Waals surface area contributed by atoms with Gasteiger partial charge in [0.25, 0.3) is 0 Å². The molecule has 16 nitrogen and oxygen atoms in total. The number of ether oxygens (including phenoxy) is 12. The molecule has 4 N–H and O–H groups in total. The number of benzene rings is 4. The van der Waals surface area contributed by atoms with E-state index in [0.29, 0.717) is 72.4 Å². The fraction of sp³-hybridized carbons (Fsp3) is 0.455. The summed E-state index contributed by atoms with van der Waals surface area (Å²) in [5.74, 6) is 2.95. The first-order valence-corrected chi connectivity index (χ1v) is 19.3. The summed E-state index contributed by atoms with van der Waals surface area (Å²) in [6.07, 6.45) is -0.873. The minimum absolute atomic E-state index is 0.0397. The lowest BCUT2D eigenvalue weighted by molar-refractivity contribution is 0.0188. The van der Waals surface area contributed by atoms with Crippen LogP contribution >= 0.6 is 0 Å². The summed E-state index contributed by atoms with van der Waals surface area (Å²) in [5, 5.41) is 40.8. The monoisotopic (exact) mass is 836 g/mol. The van der Waals surface area contributed by atoms with E-state index in [1.165, 1.54) is 56.9 Å². The zero-order valence-electron chi connectivity index (χ0n) is 34.8. The average molecular weight is 837 g/mol. The molecule has 4 saturated heterocycles. The van der Waals surface area contributed by atoms with Gasteiger partial charge in [-0.3, -0.25) is 0 Å². The molecule has 324 valence electrons. The SMILES string of the molecule is COc1cc([C@@H]2OC[C@@H]3[C@H]2CO[C@H]3c2cc(OC)c(O)c(OC)c2)cc(OC)c1O.COc1cc([C@H]2OC[C@H]3[C@@H]2CO[C@@H]3c2cc(OC)c(O)c(OC)c2)cc(OC)c1O. The third kappa shape index (κ3) is 7.64. The number of methoxy groups -OCH3 is 8. The maximum Gasteiger partial charge on any atom is 0.200 e. The van der Waals surface area contributed by atoms with Crippen molar-refractivity contribution in [2.45, 2.75) is 24.4 Å². The Morgan fingerprint density at radius 2 is 0.467 bits per heavy atom. The molecule has 0 unspecified atom stereocenters. The Bertz CT molecular complexity index is 1750. The lowest BCUT2D eigenvalue weighted by Crippen LogP contribution is -2.15. The number of rotatable bonds is 12. The highest BCUT2D eigenvalue weighted by Crippen LogP contribution is 2.55. The number of phenols is 4.